The number of hydrogen-bond donors (Lipinski definition) is 2. The second-order valence-electron chi connectivity index (χ2n) is 2.09. The molecule has 0 spiro atoms. The Morgan fingerprint density at radius 3 is 2.10 bits per heavy atom. The first kappa shape index (κ1) is 8.56. The molecule has 2 atom stereocenters. The van der Waals surface area contributed by atoms with E-state index in [2.05, 4.69) is 10.6 Å². The molecule has 60 valence electrons. The zero-order valence-electron chi connectivity index (χ0n) is 5.60. The Bertz CT molecular complexity index is 104. The summed E-state index contributed by atoms with van der Waals surface area (Å²) in [5.41, 5.74) is -0.400. The van der Waals surface area contributed by atoms with Gasteiger partial charge in [0.15, 0.2) is 0 Å². The van der Waals surface area contributed by atoms with Crippen molar-refractivity contribution in [3.8, 4) is 0 Å². The molecule has 3 nitrogen and oxygen atoms in total. The molecule has 0 bridgehead atoms. The number of nitrogens with one attached hydrogen (secondary N) is 2. The van der Waals surface area contributed by atoms with Gasteiger partial charge in [0, 0.05) is 13.8 Å². The van der Waals surface area contributed by atoms with Crippen LogP contribution in [-0.4, -0.2) is 30.9 Å². The maximum atomic E-state index is 5.82. The second kappa shape index (κ2) is 3.74. The van der Waals surface area contributed by atoms with Crippen LogP contribution < -0.4 is 10.6 Å². The van der Waals surface area contributed by atoms with E-state index in [0.717, 1.165) is 0 Å². The largest absolute Gasteiger partial charge is 0.376 e. The van der Waals surface area contributed by atoms with E-state index in [1.165, 1.54) is 0 Å². The van der Waals surface area contributed by atoms with Crippen LogP contribution in [0.15, 0.2) is 0 Å². The molecule has 0 aromatic carbocycles. The summed E-state index contributed by atoms with van der Waals surface area (Å²) in [7, 11) is 1.59. The molecule has 2 N–H and O–H groups in total. The fourth-order valence-corrected chi connectivity index (χ4v) is 1.60. The van der Waals surface area contributed by atoms with Gasteiger partial charge in [-0.05, 0) is 0 Å². The number of methoxy groups -OCH3 is 1. The molecule has 0 aromatic heterocycles. The minimum Gasteiger partial charge on any atom is -0.376 e. The molecule has 1 rings (SSSR count). The summed E-state index contributed by atoms with van der Waals surface area (Å²) >= 11 is 11.6. The van der Waals surface area contributed by atoms with Crippen molar-refractivity contribution in [3.05, 3.63) is 0 Å². The standard InChI is InChI=1S/C5H10Cl2N2O/c1-10-3-4(6)8-2-9-5(3)7/h3-5,8-9H,2H2,1H3. The van der Waals surface area contributed by atoms with Crippen molar-refractivity contribution in [1.29, 1.82) is 0 Å². The Morgan fingerprint density at radius 2 is 1.80 bits per heavy atom. The minimum atomic E-state index is -0.200. The van der Waals surface area contributed by atoms with Crippen molar-refractivity contribution >= 4 is 23.2 Å². The first-order valence-corrected chi connectivity index (χ1v) is 3.90. The Labute approximate surface area is 70.0 Å². The van der Waals surface area contributed by atoms with E-state index in [1.54, 1.807) is 7.11 Å². The number of hydrogen-bond acceptors (Lipinski definition) is 3. The highest BCUT2D eigenvalue weighted by molar-refractivity contribution is 6.24. The van der Waals surface area contributed by atoms with Gasteiger partial charge in [0.2, 0.25) is 0 Å². The fraction of sp³-hybridized carbons (Fsp3) is 1.00. The lowest BCUT2D eigenvalue weighted by Gasteiger charge is -2.31. The van der Waals surface area contributed by atoms with Crippen LogP contribution in [0.4, 0.5) is 0 Å². The van der Waals surface area contributed by atoms with Crippen molar-refractivity contribution < 1.29 is 4.74 Å². The normalized spacial score (nSPS) is 41.7. The molecule has 1 aliphatic rings. The first-order chi connectivity index (χ1) is 4.75. The van der Waals surface area contributed by atoms with E-state index in [9.17, 15) is 0 Å². The summed E-state index contributed by atoms with van der Waals surface area (Å²) in [4.78, 5) is 0. The van der Waals surface area contributed by atoms with E-state index in [-0.39, 0.29) is 17.1 Å². The zero-order chi connectivity index (χ0) is 7.56. The third-order valence-corrected chi connectivity index (χ3v) is 2.25. The average molecular weight is 185 g/mol. The Hall–Kier alpha value is 0.460. The number of ether oxygens (including phenoxy) is 1. The molecule has 1 saturated heterocycles. The van der Waals surface area contributed by atoms with Gasteiger partial charge in [-0.25, -0.2) is 0 Å². The molecule has 0 aliphatic carbocycles. The van der Waals surface area contributed by atoms with Gasteiger partial charge in [0.25, 0.3) is 0 Å². The highest BCUT2D eigenvalue weighted by Gasteiger charge is 2.29. The summed E-state index contributed by atoms with van der Waals surface area (Å²) in [5, 5.41) is 5.92. The maximum Gasteiger partial charge on any atom is 0.116 e. The van der Waals surface area contributed by atoms with Crippen LogP contribution >= 0.6 is 23.2 Å². The lowest BCUT2D eigenvalue weighted by molar-refractivity contribution is 0.0630. The van der Waals surface area contributed by atoms with E-state index in [0.29, 0.717) is 6.67 Å². The number of rotatable bonds is 1. The van der Waals surface area contributed by atoms with Gasteiger partial charge >= 0.3 is 0 Å². The van der Waals surface area contributed by atoms with Gasteiger partial charge in [0.05, 0.1) is 0 Å². The molecule has 5 heteroatoms. The van der Waals surface area contributed by atoms with Gasteiger partial charge in [0.1, 0.15) is 17.1 Å². The smallest absolute Gasteiger partial charge is 0.116 e. The molecule has 1 aliphatic heterocycles. The predicted octanol–water partition coefficient (Wildman–Crippen LogP) is 0.281. The van der Waals surface area contributed by atoms with Crippen LogP contribution in [0.2, 0.25) is 0 Å². The Kier molecular flexibility index (Phi) is 3.20. The van der Waals surface area contributed by atoms with Gasteiger partial charge in [-0.2, -0.15) is 0 Å². The van der Waals surface area contributed by atoms with Crippen LogP contribution in [0.25, 0.3) is 0 Å². The second-order valence-corrected chi connectivity index (χ2v) is 3.03. The molecule has 0 aromatic rings. The molecule has 1 heterocycles. The van der Waals surface area contributed by atoms with Crippen LogP contribution in [-0.2, 0) is 4.74 Å². The van der Waals surface area contributed by atoms with E-state index in [4.69, 9.17) is 27.9 Å². The van der Waals surface area contributed by atoms with E-state index in [1.807, 2.05) is 0 Å². The van der Waals surface area contributed by atoms with Crippen molar-refractivity contribution in [1.82, 2.24) is 10.6 Å². The summed E-state index contributed by atoms with van der Waals surface area (Å²) in [5.74, 6) is 0. The molecule has 1 fully saturated rings. The summed E-state index contributed by atoms with van der Waals surface area (Å²) in [6.45, 7) is 0.627. The third-order valence-electron chi connectivity index (χ3n) is 1.44. The fourth-order valence-electron chi connectivity index (χ4n) is 0.874. The van der Waals surface area contributed by atoms with Gasteiger partial charge in [-0.15, -0.1) is 23.2 Å². The minimum absolute atomic E-state index is 0.169. The quantitative estimate of drug-likeness (QED) is 0.454. The zero-order valence-corrected chi connectivity index (χ0v) is 7.12. The van der Waals surface area contributed by atoms with Crippen LogP contribution in [0, 0.1) is 0 Å². The first-order valence-electron chi connectivity index (χ1n) is 3.03. The monoisotopic (exact) mass is 184 g/mol. The molecular formula is C5H10Cl2N2O. The van der Waals surface area contributed by atoms with Crippen molar-refractivity contribution in [2.75, 3.05) is 13.8 Å². The van der Waals surface area contributed by atoms with E-state index < -0.39 is 0 Å². The highest BCUT2D eigenvalue weighted by atomic mass is 35.5. The summed E-state index contributed by atoms with van der Waals surface area (Å²) in [6.07, 6.45) is -0.169. The predicted molar refractivity (Wildman–Crippen MR) is 41.2 cm³/mol. The molecule has 2 unspecified atom stereocenters. The van der Waals surface area contributed by atoms with Crippen LogP contribution in [0.5, 0.6) is 0 Å². The van der Waals surface area contributed by atoms with Gasteiger partial charge in [-0.1, -0.05) is 0 Å². The molecule has 0 saturated carbocycles. The number of halogens is 2. The summed E-state index contributed by atoms with van der Waals surface area (Å²) in [6, 6.07) is 0. The molecule has 0 amide bonds. The Balaban J connectivity index is 2.45. The highest BCUT2D eigenvalue weighted by Crippen LogP contribution is 2.13. The Morgan fingerprint density at radius 1 is 1.30 bits per heavy atom. The average Bonchev–Trinajstić information content (AvgIpc) is 1.88. The topological polar surface area (TPSA) is 33.3 Å². The number of alkyl halides is 2. The van der Waals surface area contributed by atoms with Crippen LogP contribution in [0.1, 0.15) is 0 Å². The van der Waals surface area contributed by atoms with Crippen molar-refractivity contribution in [2.45, 2.75) is 17.1 Å². The lowest BCUT2D eigenvalue weighted by atomic mass is 10.3. The van der Waals surface area contributed by atoms with Crippen molar-refractivity contribution in [3.63, 3.8) is 0 Å². The molecule has 10 heavy (non-hydrogen) atoms. The maximum absolute atomic E-state index is 5.82. The van der Waals surface area contributed by atoms with Crippen molar-refractivity contribution in [2.24, 2.45) is 0 Å². The third kappa shape index (κ3) is 1.74. The van der Waals surface area contributed by atoms with E-state index >= 15 is 0 Å². The molecular weight excluding hydrogens is 175 g/mol. The SMILES string of the molecule is COC1C(Cl)NCNC1Cl. The van der Waals surface area contributed by atoms with Gasteiger partial charge in [-0.3, -0.25) is 10.6 Å². The molecule has 0 radical (unpaired) electrons. The lowest BCUT2D eigenvalue weighted by Crippen LogP contribution is -2.57. The summed E-state index contributed by atoms with van der Waals surface area (Å²) < 4.78 is 5.03. The van der Waals surface area contributed by atoms with Crippen LogP contribution in [0.3, 0.4) is 0 Å². The van der Waals surface area contributed by atoms with Gasteiger partial charge < -0.3 is 4.74 Å².